The van der Waals surface area contributed by atoms with Crippen molar-refractivity contribution in [1.82, 2.24) is 19.7 Å². The monoisotopic (exact) mass is 420 g/mol. The molecule has 0 radical (unpaired) electrons. The smallest absolute Gasteiger partial charge is 0.234 e. The fourth-order valence-corrected chi connectivity index (χ4v) is 4.21. The van der Waals surface area contributed by atoms with Crippen molar-refractivity contribution in [3.05, 3.63) is 61.4 Å². The van der Waals surface area contributed by atoms with Crippen LogP contribution < -0.4 is 10.2 Å². The molecule has 1 amide bonds. The first-order valence-electron chi connectivity index (χ1n) is 9.97. The molecular formula is C22H24N6OS. The van der Waals surface area contributed by atoms with Crippen LogP contribution in [0.1, 0.15) is 12.8 Å². The summed E-state index contributed by atoms with van der Waals surface area (Å²) < 4.78 is 1.95. The molecule has 0 saturated carbocycles. The van der Waals surface area contributed by atoms with Crippen LogP contribution in [0.2, 0.25) is 0 Å². The Kier molecular flexibility index (Phi) is 6.44. The fourth-order valence-electron chi connectivity index (χ4n) is 3.46. The highest BCUT2D eigenvalue weighted by Crippen LogP contribution is 2.25. The lowest BCUT2D eigenvalue weighted by Gasteiger charge is -2.17. The lowest BCUT2D eigenvalue weighted by molar-refractivity contribution is -0.113. The molecule has 2 aromatic heterocycles. The van der Waals surface area contributed by atoms with Crippen LogP contribution in [0, 0.1) is 0 Å². The molecule has 7 nitrogen and oxygen atoms in total. The highest BCUT2D eigenvalue weighted by atomic mass is 32.2. The molecule has 8 heteroatoms. The minimum absolute atomic E-state index is 0.0764. The van der Waals surface area contributed by atoms with Gasteiger partial charge in [0, 0.05) is 49.0 Å². The topological polar surface area (TPSA) is 75.9 Å². The van der Waals surface area contributed by atoms with E-state index in [2.05, 4.69) is 44.1 Å². The van der Waals surface area contributed by atoms with Crippen LogP contribution in [0.15, 0.2) is 66.6 Å². The Balaban J connectivity index is 1.38. The van der Waals surface area contributed by atoms with Crippen molar-refractivity contribution in [2.45, 2.75) is 24.5 Å². The van der Waals surface area contributed by atoms with Crippen molar-refractivity contribution in [2.75, 3.05) is 29.1 Å². The van der Waals surface area contributed by atoms with Crippen LogP contribution in [-0.2, 0) is 11.3 Å². The quantitative estimate of drug-likeness (QED) is 0.441. The molecule has 154 valence electrons. The molecule has 1 fully saturated rings. The molecule has 0 spiro atoms. The third-order valence-electron chi connectivity index (χ3n) is 4.92. The van der Waals surface area contributed by atoms with E-state index in [1.54, 1.807) is 18.5 Å². The van der Waals surface area contributed by atoms with E-state index in [4.69, 9.17) is 0 Å². The van der Waals surface area contributed by atoms with Gasteiger partial charge in [0.2, 0.25) is 5.91 Å². The lowest BCUT2D eigenvalue weighted by Crippen LogP contribution is -2.18. The van der Waals surface area contributed by atoms with E-state index >= 15 is 0 Å². The van der Waals surface area contributed by atoms with Crippen molar-refractivity contribution < 1.29 is 4.79 Å². The van der Waals surface area contributed by atoms with E-state index < -0.39 is 0 Å². The van der Waals surface area contributed by atoms with Crippen molar-refractivity contribution in [3.63, 3.8) is 0 Å². The van der Waals surface area contributed by atoms with Crippen LogP contribution in [0.5, 0.6) is 0 Å². The molecule has 3 heterocycles. The third-order valence-corrected chi connectivity index (χ3v) is 5.89. The second-order valence-electron chi connectivity index (χ2n) is 7.02. The van der Waals surface area contributed by atoms with E-state index in [1.165, 1.54) is 30.3 Å². The number of hydrogen-bond donors (Lipinski definition) is 1. The molecule has 4 rings (SSSR count). The summed E-state index contributed by atoms with van der Waals surface area (Å²) in [5, 5.41) is 12.2. The van der Waals surface area contributed by atoms with Gasteiger partial charge in [0.1, 0.15) is 0 Å². The second-order valence-corrected chi connectivity index (χ2v) is 7.96. The zero-order valence-electron chi connectivity index (χ0n) is 16.7. The summed E-state index contributed by atoms with van der Waals surface area (Å²) in [4.78, 5) is 18.9. The molecular weight excluding hydrogens is 396 g/mol. The zero-order valence-corrected chi connectivity index (χ0v) is 17.5. The van der Waals surface area contributed by atoms with Gasteiger partial charge in [-0.3, -0.25) is 14.3 Å². The summed E-state index contributed by atoms with van der Waals surface area (Å²) in [6.07, 6.45) is 7.72. The number of thioether (sulfide) groups is 1. The number of nitrogens with one attached hydrogen (secondary N) is 1. The van der Waals surface area contributed by atoms with Gasteiger partial charge in [-0.15, -0.1) is 16.8 Å². The molecule has 0 bridgehead atoms. The Hall–Kier alpha value is -3.13. The fraction of sp³-hybridized carbons (Fsp3) is 0.273. The number of anilines is 2. The molecule has 30 heavy (non-hydrogen) atoms. The van der Waals surface area contributed by atoms with Gasteiger partial charge in [0.05, 0.1) is 5.75 Å². The molecule has 1 aliphatic rings. The predicted octanol–water partition coefficient (Wildman–Crippen LogP) is 3.86. The van der Waals surface area contributed by atoms with Gasteiger partial charge in [0.15, 0.2) is 11.0 Å². The number of aromatic nitrogens is 4. The number of carbonyl (C=O) groups excluding carboxylic acids is 1. The van der Waals surface area contributed by atoms with E-state index in [1.807, 2.05) is 28.8 Å². The Labute approximate surface area is 180 Å². The normalized spacial score (nSPS) is 13.4. The van der Waals surface area contributed by atoms with E-state index in [0.717, 1.165) is 30.2 Å². The first kappa shape index (κ1) is 20.2. The summed E-state index contributed by atoms with van der Waals surface area (Å²) in [6, 6.07) is 11.8. The number of pyridine rings is 1. The van der Waals surface area contributed by atoms with E-state index in [0.29, 0.717) is 11.7 Å². The van der Waals surface area contributed by atoms with E-state index in [9.17, 15) is 4.79 Å². The maximum atomic E-state index is 12.4. The van der Waals surface area contributed by atoms with E-state index in [-0.39, 0.29) is 11.7 Å². The maximum Gasteiger partial charge on any atom is 0.234 e. The predicted molar refractivity (Wildman–Crippen MR) is 121 cm³/mol. The lowest BCUT2D eigenvalue weighted by atomic mass is 10.2. The van der Waals surface area contributed by atoms with Crippen LogP contribution in [0.4, 0.5) is 11.4 Å². The Bertz CT molecular complexity index is 996. The standard InChI is InChI=1S/C22H24N6OS/c1-2-13-28-21(17-9-11-23-12-10-17)25-26-22(28)30-16-20(29)24-18-5-7-19(8-6-18)27-14-3-4-15-27/h2,5-12H,1,3-4,13-16H2,(H,24,29). The second kappa shape index (κ2) is 9.58. The summed E-state index contributed by atoms with van der Waals surface area (Å²) in [6.45, 7) is 6.59. The number of carbonyl (C=O) groups is 1. The van der Waals surface area contributed by atoms with Gasteiger partial charge in [-0.25, -0.2) is 0 Å². The third kappa shape index (κ3) is 4.71. The van der Waals surface area contributed by atoms with Crippen LogP contribution in [0.3, 0.4) is 0 Å². The van der Waals surface area contributed by atoms with Gasteiger partial charge in [-0.05, 0) is 49.2 Å². The summed E-state index contributed by atoms with van der Waals surface area (Å²) in [7, 11) is 0. The molecule has 1 aliphatic heterocycles. The molecule has 1 aromatic carbocycles. The highest BCUT2D eigenvalue weighted by Gasteiger charge is 2.15. The van der Waals surface area contributed by atoms with Crippen molar-refractivity contribution in [3.8, 4) is 11.4 Å². The number of nitrogens with zero attached hydrogens (tertiary/aromatic N) is 5. The van der Waals surface area contributed by atoms with Gasteiger partial charge < -0.3 is 10.2 Å². The number of hydrogen-bond acceptors (Lipinski definition) is 6. The summed E-state index contributed by atoms with van der Waals surface area (Å²) in [5.41, 5.74) is 2.93. The number of benzene rings is 1. The van der Waals surface area contributed by atoms with Crippen LogP contribution >= 0.6 is 11.8 Å². The minimum atomic E-state index is -0.0764. The number of rotatable bonds is 8. The van der Waals surface area contributed by atoms with Gasteiger partial charge in [0.25, 0.3) is 0 Å². The zero-order chi connectivity index (χ0) is 20.8. The largest absolute Gasteiger partial charge is 0.372 e. The average molecular weight is 421 g/mol. The number of amides is 1. The maximum absolute atomic E-state index is 12.4. The van der Waals surface area contributed by atoms with Gasteiger partial charge in [-0.1, -0.05) is 17.8 Å². The summed E-state index contributed by atoms with van der Waals surface area (Å²) in [5.74, 6) is 0.907. The molecule has 1 saturated heterocycles. The van der Waals surface area contributed by atoms with Crippen LogP contribution in [-0.4, -0.2) is 44.5 Å². The minimum Gasteiger partial charge on any atom is -0.372 e. The molecule has 1 N–H and O–H groups in total. The SMILES string of the molecule is C=CCn1c(SCC(=O)Nc2ccc(N3CCCC3)cc2)nnc1-c1ccncc1. The number of allylic oxidation sites excluding steroid dienone is 1. The van der Waals surface area contributed by atoms with Crippen molar-refractivity contribution in [1.29, 1.82) is 0 Å². The average Bonchev–Trinajstić information content (AvgIpc) is 3.44. The molecule has 0 aliphatic carbocycles. The van der Waals surface area contributed by atoms with Crippen LogP contribution in [0.25, 0.3) is 11.4 Å². The molecule has 3 aromatic rings. The van der Waals surface area contributed by atoms with Gasteiger partial charge in [-0.2, -0.15) is 0 Å². The first-order chi connectivity index (χ1) is 14.7. The van der Waals surface area contributed by atoms with Crippen molar-refractivity contribution >= 4 is 29.0 Å². The summed E-state index contributed by atoms with van der Waals surface area (Å²) >= 11 is 1.36. The Morgan fingerprint density at radius 1 is 1.10 bits per heavy atom. The Morgan fingerprint density at radius 3 is 2.53 bits per heavy atom. The molecule has 0 unspecified atom stereocenters. The first-order valence-corrected chi connectivity index (χ1v) is 11.0. The molecule has 0 atom stereocenters. The van der Waals surface area contributed by atoms with Gasteiger partial charge >= 0.3 is 0 Å². The van der Waals surface area contributed by atoms with Crippen molar-refractivity contribution in [2.24, 2.45) is 0 Å². The highest BCUT2D eigenvalue weighted by molar-refractivity contribution is 7.99. The Morgan fingerprint density at radius 2 is 1.83 bits per heavy atom.